The Hall–Kier alpha value is -4.20. The highest BCUT2D eigenvalue weighted by Gasteiger charge is 2.34. The van der Waals surface area contributed by atoms with E-state index in [9.17, 15) is 19.5 Å². The smallest absolute Gasteiger partial charge is 0.408 e. The van der Waals surface area contributed by atoms with Gasteiger partial charge in [-0.15, -0.1) is 0 Å². The van der Waals surface area contributed by atoms with Gasteiger partial charge in [0, 0.05) is 31.0 Å². The molecule has 186 valence electrons. The molecule has 0 spiro atoms. The van der Waals surface area contributed by atoms with E-state index in [0.29, 0.717) is 29.8 Å². The number of ether oxygens (including phenoxy) is 1. The lowest BCUT2D eigenvalue weighted by Gasteiger charge is -2.27. The van der Waals surface area contributed by atoms with Gasteiger partial charge in [0.2, 0.25) is 5.91 Å². The third-order valence-corrected chi connectivity index (χ3v) is 5.88. The summed E-state index contributed by atoms with van der Waals surface area (Å²) >= 11 is 0. The number of alkyl carbamates (subject to hydrolysis) is 1. The number of anilines is 1. The van der Waals surface area contributed by atoms with E-state index in [4.69, 9.17) is 4.74 Å². The molecule has 0 bridgehead atoms. The summed E-state index contributed by atoms with van der Waals surface area (Å²) in [6.07, 6.45) is 3.25. The summed E-state index contributed by atoms with van der Waals surface area (Å²) in [7, 11) is 0. The van der Waals surface area contributed by atoms with E-state index in [2.05, 4.69) is 10.3 Å². The van der Waals surface area contributed by atoms with Crippen molar-refractivity contribution in [2.45, 2.75) is 45.3 Å². The number of pyridine rings is 1. The third-order valence-electron chi connectivity index (χ3n) is 5.88. The van der Waals surface area contributed by atoms with Crippen molar-refractivity contribution in [1.29, 1.82) is 0 Å². The van der Waals surface area contributed by atoms with Gasteiger partial charge in [0.05, 0.1) is 5.56 Å². The molecule has 1 atom stereocenters. The topological polar surface area (TPSA) is 109 Å². The van der Waals surface area contributed by atoms with Crippen molar-refractivity contribution in [2.75, 3.05) is 11.4 Å². The van der Waals surface area contributed by atoms with Crippen LogP contribution in [0.1, 0.15) is 42.3 Å². The first kappa shape index (κ1) is 24.9. The van der Waals surface area contributed by atoms with E-state index in [1.807, 2.05) is 36.4 Å². The number of aromatic nitrogens is 1. The highest BCUT2D eigenvalue weighted by molar-refractivity contribution is 6.04. The van der Waals surface area contributed by atoms with Crippen LogP contribution in [0.25, 0.3) is 11.1 Å². The predicted molar refractivity (Wildman–Crippen MR) is 136 cm³/mol. The van der Waals surface area contributed by atoms with Crippen molar-refractivity contribution < 1.29 is 24.2 Å². The van der Waals surface area contributed by atoms with Crippen molar-refractivity contribution in [3.63, 3.8) is 0 Å². The van der Waals surface area contributed by atoms with Gasteiger partial charge in [0.25, 0.3) is 0 Å². The lowest BCUT2D eigenvalue weighted by Crippen LogP contribution is -2.50. The van der Waals surface area contributed by atoms with Gasteiger partial charge < -0.3 is 20.1 Å². The molecule has 1 aliphatic heterocycles. The van der Waals surface area contributed by atoms with Crippen LogP contribution in [-0.4, -0.2) is 46.2 Å². The van der Waals surface area contributed by atoms with E-state index in [-0.39, 0.29) is 17.9 Å². The fourth-order valence-electron chi connectivity index (χ4n) is 4.32. The van der Waals surface area contributed by atoms with Crippen LogP contribution < -0.4 is 10.2 Å². The van der Waals surface area contributed by atoms with Crippen LogP contribution in [-0.2, 0) is 22.4 Å². The maximum absolute atomic E-state index is 13.8. The summed E-state index contributed by atoms with van der Waals surface area (Å²) < 4.78 is 5.41. The molecule has 0 aliphatic carbocycles. The lowest BCUT2D eigenvalue weighted by atomic mass is 9.97. The summed E-state index contributed by atoms with van der Waals surface area (Å²) in [5, 5.41) is 12.6. The largest absolute Gasteiger partial charge is 0.478 e. The number of benzene rings is 2. The van der Waals surface area contributed by atoms with E-state index < -0.39 is 23.7 Å². The minimum absolute atomic E-state index is 0.161. The average molecular weight is 488 g/mol. The number of nitrogens with zero attached hydrogens (tertiary/aromatic N) is 2. The van der Waals surface area contributed by atoms with Crippen molar-refractivity contribution in [1.82, 2.24) is 10.3 Å². The van der Waals surface area contributed by atoms with Crippen LogP contribution in [0.15, 0.2) is 67.0 Å². The monoisotopic (exact) mass is 487 g/mol. The van der Waals surface area contributed by atoms with Crippen molar-refractivity contribution in [2.24, 2.45) is 0 Å². The van der Waals surface area contributed by atoms with E-state index in [0.717, 1.165) is 11.1 Å². The number of carbonyl (C=O) groups is 3. The van der Waals surface area contributed by atoms with Gasteiger partial charge in [-0.05, 0) is 73.7 Å². The molecule has 4 rings (SSSR count). The molecule has 2 amide bonds. The van der Waals surface area contributed by atoms with Gasteiger partial charge in [-0.2, -0.15) is 0 Å². The van der Waals surface area contributed by atoms with Crippen LogP contribution in [0.4, 0.5) is 10.5 Å². The Balaban J connectivity index is 1.70. The summed E-state index contributed by atoms with van der Waals surface area (Å²) in [6.45, 7) is 5.58. The molecule has 0 saturated heterocycles. The molecule has 1 aromatic heterocycles. The number of nitrogens with one attached hydrogen (secondary N) is 1. The lowest BCUT2D eigenvalue weighted by molar-refractivity contribution is -0.120. The second-order valence-corrected chi connectivity index (χ2v) is 9.69. The maximum Gasteiger partial charge on any atom is 0.408 e. The summed E-state index contributed by atoms with van der Waals surface area (Å²) in [4.78, 5) is 44.1. The van der Waals surface area contributed by atoms with Gasteiger partial charge in [-0.1, -0.05) is 30.3 Å². The van der Waals surface area contributed by atoms with Gasteiger partial charge in [-0.3, -0.25) is 9.78 Å². The second-order valence-electron chi connectivity index (χ2n) is 9.69. The number of amides is 2. The number of aromatic carboxylic acids is 1. The summed E-state index contributed by atoms with van der Waals surface area (Å²) in [6, 6.07) is 15.5. The average Bonchev–Trinajstić information content (AvgIpc) is 3.26. The molecule has 1 unspecified atom stereocenters. The molecule has 2 N–H and O–H groups in total. The fourth-order valence-corrected chi connectivity index (χ4v) is 4.32. The number of hydrogen-bond acceptors (Lipinski definition) is 5. The van der Waals surface area contributed by atoms with Crippen LogP contribution >= 0.6 is 0 Å². The Bertz CT molecular complexity index is 1270. The number of hydrogen-bond donors (Lipinski definition) is 2. The van der Waals surface area contributed by atoms with Crippen LogP contribution in [0.5, 0.6) is 0 Å². The number of fused-ring (bicyclic) bond motifs is 1. The Morgan fingerprint density at radius 1 is 1.06 bits per heavy atom. The first-order valence-electron chi connectivity index (χ1n) is 11.8. The molecular weight excluding hydrogens is 458 g/mol. The Morgan fingerprint density at radius 3 is 2.39 bits per heavy atom. The predicted octanol–water partition coefficient (Wildman–Crippen LogP) is 4.47. The minimum atomic E-state index is -1.05. The van der Waals surface area contributed by atoms with Crippen LogP contribution in [0, 0.1) is 0 Å². The van der Waals surface area contributed by atoms with Gasteiger partial charge in [-0.25, -0.2) is 9.59 Å². The molecule has 0 saturated carbocycles. The van der Waals surface area contributed by atoms with Crippen molar-refractivity contribution >= 4 is 23.7 Å². The highest BCUT2D eigenvalue weighted by Crippen LogP contribution is 2.36. The Kier molecular flexibility index (Phi) is 7.05. The number of carboxylic acids is 1. The standard InChI is InChI=1S/C28H29N3O5/c1-28(2,3)36-27(35)30-23(15-18-7-5-4-6-8-18)25(32)31-14-11-21-22(26(33)34)16-20(17-24(21)31)19-9-12-29-13-10-19/h4-10,12-13,16-17,23H,11,14-15H2,1-3H3,(H,30,35)(H,33,34). The Morgan fingerprint density at radius 2 is 1.75 bits per heavy atom. The van der Waals surface area contributed by atoms with Gasteiger partial charge in [0.1, 0.15) is 11.6 Å². The zero-order valence-corrected chi connectivity index (χ0v) is 20.5. The summed E-state index contributed by atoms with van der Waals surface area (Å²) in [5.41, 5.74) is 2.92. The molecule has 0 fully saturated rings. The highest BCUT2D eigenvalue weighted by atomic mass is 16.6. The molecular formula is C28H29N3O5. The third kappa shape index (κ3) is 5.71. The second kappa shape index (κ2) is 10.2. The van der Waals surface area contributed by atoms with E-state index >= 15 is 0 Å². The van der Waals surface area contributed by atoms with E-state index in [1.165, 1.54) is 0 Å². The molecule has 2 heterocycles. The first-order valence-corrected chi connectivity index (χ1v) is 11.8. The fraction of sp³-hybridized carbons (Fsp3) is 0.286. The van der Waals surface area contributed by atoms with Crippen LogP contribution in [0.2, 0.25) is 0 Å². The number of rotatable bonds is 6. The SMILES string of the molecule is CC(C)(C)OC(=O)NC(Cc1ccccc1)C(=O)N1CCc2c(C(=O)O)cc(-c3ccncc3)cc21. The van der Waals surface area contributed by atoms with Crippen LogP contribution in [0.3, 0.4) is 0 Å². The number of carboxylic acid groups (broad SMARTS) is 1. The van der Waals surface area contributed by atoms with Crippen molar-refractivity contribution in [3.8, 4) is 11.1 Å². The van der Waals surface area contributed by atoms with Crippen molar-refractivity contribution in [3.05, 3.63) is 83.7 Å². The molecule has 3 aromatic rings. The molecule has 2 aromatic carbocycles. The molecule has 8 nitrogen and oxygen atoms in total. The normalized spacial score (nSPS) is 13.6. The molecule has 0 radical (unpaired) electrons. The van der Waals surface area contributed by atoms with E-state index in [1.54, 1.807) is 56.3 Å². The Labute approximate surface area is 209 Å². The number of carbonyl (C=O) groups excluding carboxylic acids is 2. The zero-order chi connectivity index (χ0) is 25.9. The van der Waals surface area contributed by atoms with Gasteiger partial charge >= 0.3 is 12.1 Å². The zero-order valence-electron chi connectivity index (χ0n) is 20.5. The first-order chi connectivity index (χ1) is 17.1. The molecule has 8 heteroatoms. The minimum Gasteiger partial charge on any atom is -0.478 e. The van der Waals surface area contributed by atoms with Gasteiger partial charge in [0.15, 0.2) is 0 Å². The summed E-state index contributed by atoms with van der Waals surface area (Å²) in [5.74, 6) is -1.38. The molecule has 1 aliphatic rings. The maximum atomic E-state index is 13.8. The molecule has 36 heavy (non-hydrogen) atoms. The quantitative estimate of drug-likeness (QED) is 0.531.